The first-order valence-corrected chi connectivity index (χ1v) is 14.1. The highest BCUT2D eigenvalue weighted by Crippen LogP contribution is 2.37. The molecule has 35 heavy (non-hydrogen) atoms. The van der Waals surface area contributed by atoms with Crippen LogP contribution in [0.25, 0.3) is 5.69 Å². The van der Waals surface area contributed by atoms with Crippen molar-refractivity contribution in [3.63, 3.8) is 0 Å². The number of aryl methyl sites for hydroxylation is 1. The lowest BCUT2D eigenvalue weighted by Crippen LogP contribution is -2.66. The number of nitrogens with two attached hydrogens (primary N) is 1. The maximum absolute atomic E-state index is 13.3. The van der Waals surface area contributed by atoms with Gasteiger partial charge in [0, 0.05) is 6.61 Å². The Morgan fingerprint density at radius 2 is 1.46 bits per heavy atom. The standard InChI is InChI=1S/C28H31ClFN3OSi/c1-28(2,3)35(23-11-6-4-7-12-23,24-13-8-5-9-14-24)34-20-10-15-25-26(29)27(31)33(32-25)22-18-16-21(30)17-19-22/h4-9,11-14,16-19H,10,15,20,31H2,1-3H3. The molecule has 2 N–H and O–H groups in total. The molecule has 0 amide bonds. The minimum atomic E-state index is -2.58. The number of hydrogen-bond acceptors (Lipinski definition) is 3. The minimum absolute atomic E-state index is 0.0814. The second kappa shape index (κ2) is 10.4. The molecule has 0 aliphatic heterocycles. The third-order valence-electron chi connectivity index (χ3n) is 6.29. The summed E-state index contributed by atoms with van der Waals surface area (Å²) in [6.45, 7) is 7.36. The quantitative estimate of drug-likeness (QED) is 0.244. The molecule has 0 saturated carbocycles. The first-order chi connectivity index (χ1) is 16.7. The molecule has 1 aromatic heterocycles. The maximum atomic E-state index is 13.3. The summed E-state index contributed by atoms with van der Waals surface area (Å²) in [5.41, 5.74) is 7.58. The second-order valence-corrected chi connectivity index (χ2v) is 14.3. The van der Waals surface area contributed by atoms with Crippen LogP contribution in [0.4, 0.5) is 10.2 Å². The number of nitrogens with zero attached hydrogens (tertiary/aromatic N) is 2. The summed E-state index contributed by atoms with van der Waals surface area (Å²) in [7, 11) is -2.58. The summed E-state index contributed by atoms with van der Waals surface area (Å²) in [6, 6.07) is 27.2. The largest absolute Gasteiger partial charge is 0.407 e. The van der Waals surface area contributed by atoms with Crippen molar-refractivity contribution in [2.45, 2.75) is 38.7 Å². The van der Waals surface area contributed by atoms with E-state index in [0.29, 0.717) is 35.2 Å². The van der Waals surface area contributed by atoms with Crippen molar-refractivity contribution in [1.29, 1.82) is 0 Å². The predicted octanol–water partition coefficient (Wildman–Crippen LogP) is 5.76. The van der Waals surface area contributed by atoms with Crippen LogP contribution in [0.1, 0.15) is 32.9 Å². The molecule has 0 radical (unpaired) electrons. The molecule has 7 heteroatoms. The van der Waals surface area contributed by atoms with Gasteiger partial charge in [0.1, 0.15) is 16.7 Å². The van der Waals surface area contributed by atoms with E-state index < -0.39 is 8.32 Å². The van der Waals surface area contributed by atoms with Gasteiger partial charge in [-0.2, -0.15) is 5.10 Å². The lowest BCUT2D eigenvalue weighted by atomic mass is 10.2. The Morgan fingerprint density at radius 1 is 0.914 bits per heavy atom. The molecule has 4 aromatic rings. The Labute approximate surface area is 212 Å². The van der Waals surface area contributed by atoms with Crippen molar-refractivity contribution in [3.8, 4) is 5.69 Å². The zero-order valence-electron chi connectivity index (χ0n) is 20.3. The third kappa shape index (κ3) is 5.05. The monoisotopic (exact) mass is 507 g/mol. The molecule has 182 valence electrons. The summed E-state index contributed by atoms with van der Waals surface area (Å²) >= 11 is 6.51. The van der Waals surface area contributed by atoms with Gasteiger partial charge in [-0.05, 0) is 52.5 Å². The highest BCUT2D eigenvalue weighted by atomic mass is 35.5. The van der Waals surface area contributed by atoms with Crippen LogP contribution in [0.2, 0.25) is 10.1 Å². The third-order valence-corrected chi connectivity index (χ3v) is 11.7. The van der Waals surface area contributed by atoms with E-state index in [1.54, 1.807) is 16.8 Å². The van der Waals surface area contributed by atoms with Crippen LogP contribution in [-0.2, 0) is 10.8 Å². The van der Waals surface area contributed by atoms with E-state index in [4.69, 9.17) is 21.8 Å². The summed E-state index contributed by atoms with van der Waals surface area (Å²) in [6.07, 6.45) is 1.36. The fourth-order valence-electron chi connectivity index (χ4n) is 4.62. The normalized spacial score (nSPS) is 12.1. The van der Waals surface area contributed by atoms with Crippen molar-refractivity contribution >= 4 is 36.1 Å². The van der Waals surface area contributed by atoms with Gasteiger partial charge < -0.3 is 10.2 Å². The molecule has 0 saturated heterocycles. The van der Waals surface area contributed by atoms with Gasteiger partial charge in [0.25, 0.3) is 8.32 Å². The predicted molar refractivity (Wildman–Crippen MR) is 145 cm³/mol. The Kier molecular flexibility index (Phi) is 7.45. The number of nitrogen functional groups attached to an aromatic ring is 1. The molecule has 0 unspecified atom stereocenters. The Bertz CT molecular complexity index is 1220. The lowest BCUT2D eigenvalue weighted by Gasteiger charge is -2.43. The fourth-order valence-corrected chi connectivity index (χ4v) is 9.44. The van der Waals surface area contributed by atoms with E-state index in [1.807, 2.05) is 12.1 Å². The second-order valence-electron chi connectivity index (χ2n) is 9.65. The molecular weight excluding hydrogens is 477 g/mol. The molecule has 0 aliphatic rings. The minimum Gasteiger partial charge on any atom is -0.407 e. The molecule has 0 aliphatic carbocycles. The summed E-state index contributed by atoms with van der Waals surface area (Å²) in [4.78, 5) is 0. The van der Waals surface area contributed by atoms with E-state index in [2.05, 4.69) is 74.4 Å². The fraction of sp³-hybridized carbons (Fsp3) is 0.250. The van der Waals surface area contributed by atoms with Crippen LogP contribution in [0.3, 0.4) is 0 Å². The zero-order valence-corrected chi connectivity index (χ0v) is 22.1. The molecule has 0 bridgehead atoms. The van der Waals surface area contributed by atoms with Crippen molar-refractivity contribution in [1.82, 2.24) is 9.78 Å². The summed E-state index contributed by atoms with van der Waals surface area (Å²) in [5, 5.41) is 7.45. The van der Waals surface area contributed by atoms with Gasteiger partial charge in [0.15, 0.2) is 0 Å². The van der Waals surface area contributed by atoms with Crippen LogP contribution in [-0.4, -0.2) is 24.7 Å². The van der Waals surface area contributed by atoms with E-state index in [1.165, 1.54) is 22.5 Å². The highest BCUT2D eigenvalue weighted by molar-refractivity contribution is 6.99. The maximum Gasteiger partial charge on any atom is 0.261 e. The Hall–Kier alpha value is -2.93. The van der Waals surface area contributed by atoms with Crippen molar-refractivity contribution < 1.29 is 8.82 Å². The lowest BCUT2D eigenvalue weighted by molar-refractivity contribution is 0.291. The van der Waals surface area contributed by atoms with Crippen LogP contribution < -0.4 is 16.1 Å². The van der Waals surface area contributed by atoms with E-state index in [-0.39, 0.29) is 10.9 Å². The first kappa shape index (κ1) is 25.2. The molecular formula is C28H31ClFN3OSi. The zero-order chi connectivity index (χ0) is 25.1. The van der Waals surface area contributed by atoms with Crippen molar-refractivity contribution in [3.05, 3.63) is 101 Å². The van der Waals surface area contributed by atoms with E-state index >= 15 is 0 Å². The molecule has 0 spiro atoms. The molecule has 3 aromatic carbocycles. The van der Waals surface area contributed by atoms with Gasteiger partial charge in [-0.1, -0.05) is 93.0 Å². The van der Waals surface area contributed by atoms with Crippen LogP contribution in [0.15, 0.2) is 84.9 Å². The molecule has 1 heterocycles. The molecule has 4 rings (SSSR count). The van der Waals surface area contributed by atoms with Gasteiger partial charge in [0.05, 0.1) is 11.4 Å². The number of aromatic nitrogens is 2. The molecule has 0 fully saturated rings. The Balaban J connectivity index is 1.57. The van der Waals surface area contributed by atoms with Gasteiger partial charge >= 0.3 is 0 Å². The van der Waals surface area contributed by atoms with E-state index in [0.717, 1.165) is 6.42 Å². The van der Waals surface area contributed by atoms with Gasteiger partial charge in [0.2, 0.25) is 0 Å². The summed E-state index contributed by atoms with van der Waals surface area (Å²) < 4.78 is 21.8. The van der Waals surface area contributed by atoms with Crippen LogP contribution >= 0.6 is 11.6 Å². The van der Waals surface area contributed by atoms with E-state index in [9.17, 15) is 4.39 Å². The van der Waals surface area contributed by atoms with Crippen LogP contribution in [0, 0.1) is 5.82 Å². The highest BCUT2D eigenvalue weighted by Gasteiger charge is 2.49. The van der Waals surface area contributed by atoms with Gasteiger partial charge in [-0.25, -0.2) is 9.07 Å². The first-order valence-electron chi connectivity index (χ1n) is 11.8. The van der Waals surface area contributed by atoms with Crippen molar-refractivity contribution in [2.24, 2.45) is 0 Å². The number of anilines is 1. The molecule has 4 nitrogen and oxygen atoms in total. The Morgan fingerprint density at radius 3 is 1.97 bits per heavy atom. The SMILES string of the molecule is CC(C)(C)[Si](OCCCc1nn(-c2ccc(F)cc2)c(N)c1Cl)(c1ccccc1)c1ccccc1. The molecule has 0 atom stereocenters. The van der Waals surface area contributed by atoms with Gasteiger partial charge in [-0.3, -0.25) is 0 Å². The number of hydrogen-bond donors (Lipinski definition) is 1. The smallest absolute Gasteiger partial charge is 0.261 e. The number of halogens is 2. The number of benzene rings is 3. The average Bonchev–Trinajstić information content (AvgIpc) is 3.13. The van der Waals surface area contributed by atoms with Crippen molar-refractivity contribution in [2.75, 3.05) is 12.3 Å². The number of rotatable bonds is 8. The summed E-state index contributed by atoms with van der Waals surface area (Å²) in [5.74, 6) is 0.0347. The van der Waals surface area contributed by atoms with Crippen LogP contribution in [0.5, 0.6) is 0 Å². The van der Waals surface area contributed by atoms with Gasteiger partial charge in [-0.15, -0.1) is 0 Å². The average molecular weight is 508 g/mol. The topological polar surface area (TPSA) is 53.1 Å².